The van der Waals surface area contributed by atoms with E-state index in [1.165, 1.54) is 22.3 Å². The van der Waals surface area contributed by atoms with Gasteiger partial charge in [-0.3, -0.25) is 9.11 Å². The quantitative estimate of drug-likeness (QED) is 0.342. The van der Waals surface area contributed by atoms with Crippen molar-refractivity contribution in [1.82, 2.24) is 0 Å². The van der Waals surface area contributed by atoms with Crippen molar-refractivity contribution in [3.8, 4) is 22.3 Å². The summed E-state index contributed by atoms with van der Waals surface area (Å²) in [5.41, 5.74) is 5.01. The molecule has 0 fully saturated rings. The highest BCUT2D eigenvalue weighted by atomic mass is 32.3. The van der Waals surface area contributed by atoms with Gasteiger partial charge in [0.25, 0.3) is 0 Å². The first-order valence-electron chi connectivity index (χ1n) is 10.0. The topological polar surface area (TPSA) is 90.1 Å². The lowest BCUT2D eigenvalue weighted by Gasteiger charge is -1.97. The maximum Gasteiger partial charge on any atom is 0.394 e. The number of aromatic nitrogens is 4. The zero-order valence-corrected chi connectivity index (χ0v) is 20.0. The van der Waals surface area contributed by atoms with Gasteiger partial charge in [-0.05, 0) is 22.3 Å². The van der Waals surface area contributed by atoms with Gasteiger partial charge in [-0.25, -0.2) is 18.3 Å². The molecule has 0 aliphatic heterocycles. The molecule has 0 radical (unpaired) electrons. The van der Waals surface area contributed by atoms with Gasteiger partial charge in [-0.15, -0.1) is 0 Å². The number of aryl methyl sites for hydroxylation is 4. The first-order chi connectivity index (χ1) is 15.5. The van der Waals surface area contributed by atoms with E-state index < -0.39 is 10.4 Å². The average Bonchev–Trinajstić information content (AvgIpc) is 2.76. The number of hydrogen-bond acceptors (Lipinski definition) is 2. The number of rotatable bonds is 2. The average molecular weight is 471 g/mol. The molecule has 0 atom stereocenters. The number of nitrogens with zero attached hydrogens (tertiary/aromatic N) is 4. The van der Waals surface area contributed by atoms with Gasteiger partial charge in [0.05, 0.1) is 0 Å². The minimum atomic E-state index is -4.67. The van der Waals surface area contributed by atoms with Crippen LogP contribution in [0.15, 0.2) is 98.1 Å². The molecule has 4 aromatic heterocycles. The van der Waals surface area contributed by atoms with E-state index in [0.717, 1.165) is 0 Å². The molecule has 0 aliphatic rings. The van der Waals surface area contributed by atoms with Crippen LogP contribution in [0.2, 0.25) is 0 Å². The Kier molecular flexibility index (Phi) is 9.29. The fourth-order valence-electron chi connectivity index (χ4n) is 2.77. The SMILES string of the molecule is C[n+]1ccc(-c2cc[n+](C)cc2)cc1.C[n+]1ccc(-c2cc[n+](C)cc2)cc1.O=S(=O)(O)O. The fraction of sp³-hybridized carbons (Fsp3) is 0.167. The molecule has 33 heavy (non-hydrogen) atoms. The Labute approximate surface area is 194 Å². The lowest BCUT2D eigenvalue weighted by molar-refractivity contribution is -0.671. The number of pyridine rings is 4. The third-order valence-electron chi connectivity index (χ3n) is 4.58. The van der Waals surface area contributed by atoms with E-state index in [1.54, 1.807) is 0 Å². The van der Waals surface area contributed by atoms with Crippen LogP contribution in [0.5, 0.6) is 0 Å². The summed E-state index contributed by atoms with van der Waals surface area (Å²) in [5.74, 6) is 0. The molecule has 0 saturated heterocycles. The molecule has 0 unspecified atom stereocenters. The Hall–Kier alpha value is -3.53. The molecule has 9 heteroatoms. The minimum Gasteiger partial charge on any atom is -0.264 e. The van der Waals surface area contributed by atoms with E-state index in [-0.39, 0.29) is 0 Å². The summed E-state index contributed by atoms with van der Waals surface area (Å²) in [7, 11) is 3.42. The molecule has 4 aromatic rings. The summed E-state index contributed by atoms with van der Waals surface area (Å²) in [4.78, 5) is 0. The summed E-state index contributed by atoms with van der Waals surface area (Å²) >= 11 is 0. The zero-order chi connectivity index (χ0) is 24.4. The fourth-order valence-corrected chi connectivity index (χ4v) is 2.77. The molecule has 0 amide bonds. The largest absolute Gasteiger partial charge is 0.394 e. The van der Waals surface area contributed by atoms with Crippen molar-refractivity contribution < 1.29 is 35.8 Å². The highest BCUT2D eigenvalue weighted by Gasteiger charge is 2.02. The van der Waals surface area contributed by atoms with Crippen LogP contribution in [0.3, 0.4) is 0 Å². The molecule has 0 spiro atoms. The predicted octanol–water partition coefficient (Wildman–Crippen LogP) is 1.35. The Morgan fingerprint density at radius 1 is 0.455 bits per heavy atom. The van der Waals surface area contributed by atoms with E-state index in [4.69, 9.17) is 17.5 Å². The molecule has 0 aromatic carbocycles. The van der Waals surface area contributed by atoms with Gasteiger partial charge in [0.15, 0.2) is 49.6 Å². The molecular formula is C24H30N4O4S+4. The van der Waals surface area contributed by atoms with Crippen molar-refractivity contribution in [2.75, 3.05) is 0 Å². The van der Waals surface area contributed by atoms with Crippen molar-refractivity contribution in [1.29, 1.82) is 0 Å². The Bertz CT molecular complexity index is 1060. The maximum absolute atomic E-state index is 8.74. The second-order valence-electron chi connectivity index (χ2n) is 7.46. The Morgan fingerprint density at radius 3 is 0.697 bits per heavy atom. The van der Waals surface area contributed by atoms with E-state index in [0.29, 0.717) is 0 Å². The van der Waals surface area contributed by atoms with Gasteiger partial charge in [0.1, 0.15) is 28.2 Å². The van der Waals surface area contributed by atoms with Gasteiger partial charge in [0, 0.05) is 48.5 Å². The summed E-state index contributed by atoms with van der Waals surface area (Å²) in [6, 6.07) is 17.0. The van der Waals surface area contributed by atoms with Crippen LogP contribution in [0.1, 0.15) is 0 Å². The molecule has 0 bridgehead atoms. The van der Waals surface area contributed by atoms with Crippen LogP contribution < -0.4 is 18.3 Å². The second kappa shape index (κ2) is 11.9. The first kappa shape index (κ1) is 25.7. The van der Waals surface area contributed by atoms with E-state index in [2.05, 4.69) is 98.1 Å². The molecule has 172 valence electrons. The smallest absolute Gasteiger partial charge is 0.264 e. The summed E-state index contributed by atoms with van der Waals surface area (Å²) < 4.78 is 39.7. The van der Waals surface area contributed by atoms with Gasteiger partial charge in [-0.2, -0.15) is 8.42 Å². The Balaban J connectivity index is 0.000000195. The molecular weight excluding hydrogens is 440 g/mol. The van der Waals surface area contributed by atoms with Gasteiger partial charge in [0.2, 0.25) is 0 Å². The Morgan fingerprint density at radius 2 is 0.576 bits per heavy atom. The van der Waals surface area contributed by atoms with Crippen LogP contribution in [-0.4, -0.2) is 17.5 Å². The van der Waals surface area contributed by atoms with Crippen molar-refractivity contribution in [3.05, 3.63) is 98.1 Å². The third kappa shape index (κ3) is 10.1. The van der Waals surface area contributed by atoms with Crippen LogP contribution in [-0.2, 0) is 38.6 Å². The van der Waals surface area contributed by atoms with Crippen LogP contribution in [0, 0.1) is 0 Å². The summed E-state index contributed by atoms with van der Waals surface area (Å²) in [5, 5.41) is 0. The monoisotopic (exact) mass is 470 g/mol. The number of hydrogen-bond donors (Lipinski definition) is 2. The molecule has 4 rings (SSSR count). The summed E-state index contributed by atoms with van der Waals surface area (Å²) in [6.45, 7) is 0. The molecule has 8 nitrogen and oxygen atoms in total. The molecule has 0 aliphatic carbocycles. The van der Waals surface area contributed by atoms with Gasteiger partial charge >= 0.3 is 10.4 Å². The zero-order valence-electron chi connectivity index (χ0n) is 19.1. The first-order valence-corrected chi connectivity index (χ1v) is 11.4. The van der Waals surface area contributed by atoms with Crippen molar-refractivity contribution in [2.24, 2.45) is 28.2 Å². The van der Waals surface area contributed by atoms with E-state index >= 15 is 0 Å². The highest BCUT2D eigenvalue weighted by Crippen LogP contribution is 2.15. The molecule has 4 heterocycles. The van der Waals surface area contributed by atoms with Crippen molar-refractivity contribution >= 4 is 10.4 Å². The van der Waals surface area contributed by atoms with Crippen LogP contribution in [0.25, 0.3) is 22.3 Å². The molecule has 0 saturated carbocycles. The van der Waals surface area contributed by atoms with Gasteiger partial charge in [-0.1, -0.05) is 0 Å². The van der Waals surface area contributed by atoms with E-state index in [1.807, 2.05) is 46.5 Å². The van der Waals surface area contributed by atoms with Crippen molar-refractivity contribution in [3.63, 3.8) is 0 Å². The lowest BCUT2D eigenvalue weighted by atomic mass is 10.1. The normalized spacial score (nSPS) is 10.4. The van der Waals surface area contributed by atoms with Crippen LogP contribution in [0.4, 0.5) is 0 Å². The molecule has 2 N–H and O–H groups in total. The van der Waals surface area contributed by atoms with Gasteiger partial charge < -0.3 is 0 Å². The standard InChI is InChI=1S/2C12H14N2.H2O4S/c2*1-13-7-3-11(4-8-13)12-5-9-14(2)10-6-12;1-5(2,3)4/h2*3-10H,1-2H3;(H2,1,2,3,4)/q2*+2;. The maximum atomic E-state index is 8.74. The summed E-state index contributed by atoms with van der Waals surface area (Å²) in [6.07, 6.45) is 16.5. The predicted molar refractivity (Wildman–Crippen MR) is 123 cm³/mol. The third-order valence-corrected chi connectivity index (χ3v) is 4.58. The highest BCUT2D eigenvalue weighted by molar-refractivity contribution is 7.79. The van der Waals surface area contributed by atoms with Crippen LogP contribution >= 0.6 is 0 Å². The lowest BCUT2D eigenvalue weighted by Crippen LogP contribution is -2.26. The minimum absolute atomic E-state index is 1.25. The van der Waals surface area contributed by atoms with Crippen molar-refractivity contribution in [2.45, 2.75) is 0 Å². The second-order valence-corrected chi connectivity index (χ2v) is 8.35. The van der Waals surface area contributed by atoms with E-state index in [9.17, 15) is 0 Å².